The summed E-state index contributed by atoms with van der Waals surface area (Å²) in [5.74, 6) is -0.267. The average Bonchev–Trinajstić information content (AvgIpc) is 2.95. The maximum atomic E-state index is 12.4. The van der Waals surface area contributed by atoms with E-state index in [1.54, 1.807) is 30.3 Å². The van der Waals surface area contributed by atoms with Crippen molar-refractivity contribution in [2.45, 2.75) is 24.0 Å². The molecule has 7 nitrogen and oxygen atoms in total. The zero-order valence-corrected chi connectivity index (χ0v) is 15.1. The summed E-state index contributed by atoms with van der Waals surface area (Å²) in [5, 5.41) is 5.23. The Morgan fingerprint density at radius 2 is 1.62 bits per heavy atom. The van der Waals surface area contributed by atoms with Gasteiger partial charge in [-0.2, -0.15) is 0 Å². The van der Waals surface area contributed by atoms with Gasteiger partial charge in [0.1, 0.15) is 0 Å². The Hall–Kier alpha value is -3.00. The molecule has 0 aliphatic rings. The molecule has 0 fully saturated rings. The summed E-state index contributed by atoms with van der Waals surface area (Å²) in [6.45, 7) is 3.27. The molecule has 3 aromatic rings. The number of carbonyl (C=O) groups is 2. The Labute approximate surface area is 153 Å². The highest BCUT2D eigenvalue weighted by molar-refractivity contribution is 8.00. The minimum Gasteiger partial charge on any atom is -0.326 e. The van der Waals surface area contributed by atoms with Crippen molar-refractivity contribution in [3.63, 3.8) is 0 Å². The Bertz CT molecular complexity index is 1010. The molecule has 0 aliphatic heterocycles. The molecular weight excluding hydrogens is 352 g/mol. The van der Waals surface area contributed by atoms with Crippen LogP contribution in [0.3, 0.4) is 0 Å². The highest BCUT2D eigenvalue weighted by Gasteiger charge is 2.15. The van der Waals surface area contributed by atoms with Crippen LogP contribution >= 0.6 is 11.8 Å². The van der Waals surface area contributed by atoms with E-state index in [9.17, 15) is 14.4 Å². The van der Waals surface area contributed by atoms with Crippen LogP contribution in [0.5, 0.6) is 0 Å². The van der Waals surface area contributed by atoms with E-state index >= 15 is 0 Å². The first-order valence-electron chi connectivity index (χ1n) is 7.98. The number of carbonyl (C=O) groups excluding carboxylic acids is 2. The lowest BCUT2D eigenvalue weighted by atomic mass is 10.2. The first kappa shape index (κ1) is 17.8. The van der Waals surface area contributed by atoms with Crippen molar-refractivity contribution in [3.8, 4) is 0 Å². The highest BCUT2D eigenvalue weighted by atomic mass is 32.2. The third-order valence-electron chi connectivity index (χ3n) is 3.64. The second kappa shape index (κ2) is 7.49. The molecule has 3 rings (SSSR count). The lowest BCUT2D eigenvalue weighted by molar-refractivity contribution is -0.115. The summed E-state index contributed by atoms with van der Waals surface area (Å²) < 4.78 is 0. The largest absolute Gasteiger partial charge is 0.326 e. The Morgan fingerprint density at radius 3 is 2.31 bits per heavy atom. The molecule has 2 amide bonds. The predicted molar refractivity (Wildman–Crippen MR) is 104 cm³/mol. The molecule has 0 aliphatic carbocycles. The van der Waals surface area contributed by atoms with Crippen LogP contribution in [0.15, 0.2) is 52.2 Å². The van der Waals surface area contributed by atoms with Gasteiger partial charge in [0.15, 0.2) is 0 Å². The van der Waals surface area contributed by atoms with E-state index in [2.05, 4.69) is 20.6 Å². The SMILES string of the molecule is CC(=O)Nc1ccc(SC(C)C(=O)Nc2ccc3[nH]c(=O)[nH]c3c2)cc1. The number of thioether (sulfide) groups is 1. The number of aromatic amines is 2. The van der Waals surface area contributed by atoms with Gasteiger partial charge in [-0.05, 0) is 49.4 Å². The molecule has 2 aromatic carbocycles. The number of imidazole rings is 1. The van der Waals surface area contributed by atoms with E-state index in [1.165, 1.54) is 18.7 Å². The maximum absolute atomic E-state index is 12.4. The van der Waals surface area contributed by atoms with Gasteiger partial charge >= 0.3 is 5.69 Å². The van der Waals surface area contributed by atoms with Crippen molar-refractivity contribution in [3.05, 3.63) is 52.9 Å². The van der Waals surface area contributed by atoms with Gasteiger partial charge < -0.3 is 20.6 Å². The molecule has 1 atom stereocenters. The van der Waals surface area contributed by atoms with E-state index in [0.29, 0.717) is 22.4 Å². The number of H-pyrrole nitrogens is 2. The van der Waals surface area contributed by atoms with E-state index in [-0.39, 0.29) is 22.8 Å². The van der Waals surface area contributed by atoms with Gasteiger partial charge in [-0.1, -0.05) is 0 Å². The van der Waals surface area contributed by atoms with E-state index in [4.69, 9.17) is 0 Å². The van der Waals surface area contributed by atoms with Crippen molar-refractivity contribution >= 4 is 46.0 Å². The van der Waals surface area contributed by atoms with E-state index in [0.717, 1.165) is 4.90 Å². The van der Waals surface area contributed by atoms with Crippen LogP contribution in [-0.4, -0.2) is 27.0 Å². The normalized spacial score (nSPS) is 11.9. The number of fused-ring (bicyclic) bond motifs is 1. The number of benzene rings is 2. The van der Waals surface area contributed by atoms with Crippen LogP contribution in [0.2, 0.25) is 0 Å². The van der Waals surface area contributed by atoms with Gasteiger partial charge in [0.25, 0.3) is 0 Å². The van der Waals surface area contributed by atoms with Gasteiger partial charge in [-0.3, -0.25) is 9.59 Å². The topological polar surface area (TPSA) is 107 Å². The van der Waals surface area contributed by atoms with Crippen LogP contribution in [0.25, 0.3) is 11.0 Å². The van der Waals surface area contributed by atoms with Gasteiger partial charge in [0.2, 0.25) is 11.8 Å². The number of hydrogen-bond donors (Lipinski definition) is 4. The summed E-state index contributed by atoms with van der Waals surface area (Å²) in [7, 11) is 0. The average molecular weight is 370 g/mol. The predicted octanol–water partition coefficient (Wildman–Crippen LogP) is 2.93. The van der Waals surface area contributed by atoms with E-state index < -0.39 is 0 Å². The minimum absolute atomic E-state index is 0.126. The first-order chi connectivity index (χ1) is 12.4. The smallest absolute Gasteiger partial charge is 0.323 e. The van der Waals surface area contributed by atoms with Crippen molar-refractivity contribution < 1.29 is 9.59 Å². The molecule has 0 saturated heterocycles. The molecule has 0 bridgehead atoms. The Balaban J connectivity index is 1.63. The number of aromatic nitrogens is 2. The van der Waals surface area contributed by atoms with Crippen LogP contribution in [0.4, 0.5) is 11.4 Å². The lowest BCUT2D eigenvalue weighted by Gasteiger charge is -2.12. The number of amides is 2. The molecular formula is C18H18N4O3S. The van der Waals surface area contributed by atoms with Crippen molar-refractivity contribution in [1.82, 2.24) is 9.97 Å². The molecule has 0 radical (unpaired) electrons. The highest BCUT2D eigenvalue weighted by Crippen LogP contribution is 2.26. The number of hydrogen-bond acceptors (Lipinski definition) is 4. The first-order valence-corrected chi connectivity index (χ1v) is 8.86. The zero-order chi connectivity index (χ0) is 18.7. The fourth-order valence-electron chi connectivity index (χ4n) is 2.43. The second-order valence-corrected chi connectivity index (χ2v) is 7.21. The monoisotopic (exact) mass is 370 g/mol. The third kappa shape index (κ3) is 4.34. The van der Waals surface area contributed by atoms with E-state index in [1.807, 2.05) is 19.1 Å². The van der Waals surface area contributed by atoms with Crippen LogP contribution < -0.4 is 16.3 Å². The van der Waals surface area contributed by atoms with Gasteiger partial charge in [0.05, 0.1) is 16.3 Å². The molecule has 134 valence electrons. The summed E-state index contributed by atoms with van der Waals surface area (Å²) >= 11 is 1.42. The number of rotatable bonds is 5. The van der Waals surface area contributed by atoms with Gasteiger partial charge in [-0.25, -0.2) is 4.79 Å². The molecule has 1 unspecified atom stereocenters. The lowest BCUT2D eigenvalue weighted by Crippen LogP contribution is -2.22. The molecule has 0 saturated carbocycles. The van der Waals surface area contributed by atoms with Crippen molar-refractivity contribution in [2.24, 2.45) is 0 Å². The fraction of sp³-hybridized carbons (Fsp3) is 0.167. The Morgan fingerprint density at radius 1 is 0.962 bits per heavy atom. The minimum atomic E-state index is -0.317. The van der Waals surface area contributed by atoms with Crippen LogP contribution in [-0.2, 0) is 9.59 Å². The fourth-order valence-corrected chi connectivity index (χ4v) is 3.30. The van der Waals surface area contributed by atoms with Gasteiger partial charge in [-0.15, -0.1) is 11.8 Å². The van der Waals surface area contributed by atoms with Crippen LogP contribution in [0.1, 0.15) is 13.8 Å². The van der Waals surface area contributed by atoms with Crippen LogP contribution in [0, 0.1) is 0 Å². The Kier molecular flexibility index (Phi) is 5.13. The molecule has 1 heterocycles. The molecule has 26 heavy (non-hydrogen) atoms. The summed E-state index contributed by atoms with van der Waals surface area (Å²) in [6, 6.07) is 12.5. The maximum Gasteiger partial charge on any atom is 0.323 e. The molecule has 4 N–H and O–H groups in total. The quantitative estimate of drug-likeness (QED) is 0.518. The number of nitrogens with one attached hydrogen (secondary N) is 4. The third-order valence-corrected chi connectivity index (χ3v) is 4.75. The zero-order valence-electron chi connectivity index (χ0n) is 14.3. The van der Waals surface area contributed by atoms with Crippen molar-refractivity contribution in [1.29, 1.82) is 0 Å². The summed E-state index contributed by atoms with van der Waals surface area (Å²) in [6.07, 6.45) is 0. The van der Waals surface area contributed by atoms with Crippen molar-refractivity contribution in [2.75, 3.05) is 10.6 Å². The van der Waals surface area contributed by atoms with Gasteiger partial charge in [0, 0.05) is 23.2 Å². The summed E-state index contributed by atoms with van der Waals surface area (Å²) in [5.41, 5.74) is 2.38. The standard InChI is InChI=1S/C18H18N4O3S/c1-10(26-14-6-3-12(4-7-14)19-11(2)23)17(24)20-13-5-8-15-16(9-13)22-18(25)21-15/h3-10H,1-2H3,(H,19,23)(H,20,24)(H2,21,22,25). The molecule has 8 heteroatoms. The molecule has 1 aromatic heterocycles. The summed E-state index contributed by atoms with van der Waals surface area (Å²) in [4.78, 5) is 41.0. The number of anilines is 2. The second-order valence-electron chi connectivity index (χ2n) is 5.79. The molecule has 0 spiro atoms.